The van der Waals surface area contributed by atoms with Crippen molar-refractivity contribution >= 4 is 40.6 Å². The highest BCUT2D eigenvalue weighted by Crippen LogP contribution is 2.30. The van der Waals surface area contributed by atoms with Gasteiger partial charge in [-0.05, 0) is 54.4 Å². The summed E-state index contributed by atoms with van der Waals surface area (Å²) in [6, 6.07) is 23.1. The summed E-state index contributed by atoms with van der Waals surface area (Å²) >= 11 is 1.40. The van der Waals surface area contributed by atoms with Crippen molar-refractivity contribution in [1.82, 2.24) is 0 Å². The SMILES string of the molecule is CN(C)c1ccc(NC(=O)c2ccccc2SCC(=O)N2CCc3ccccc32)cc1. The average molecular weight is 432 g/mol. The maximum absolute atomic E-state index is 12.9. The standard InChI is InChI=1S/C25H25N3O2S/c1-27(2)20-13-11-19(12-14-20)26-25(30)21-8-4-6-10-23(21)31-17-24(29)28-16-15-18-7-3-5-9-22(18)28/h3-14H,15-17H2,1-2H3,(H,26,30). The lowest BCUT2D eigenvalue weighted by Gasteiger charge is -2.17. The highest BCUT2D eigenvalue weighted by Gasteiger charge is 2.24. The molecule has 1 N–H and O–H groups in total. The van der Waals surface area contributed by atoms with Crippen molar-refractivity contribution < 1.29 is 9.59 Å². The van der Waals surface area contributed by atoms with Crippen LogP contribution in [0.15, 0.2) is 77.7 Å². The molecular weight excluding hydrogens is 406 g/mol. The molecule has 0 aliphatic carbocycles. The van der Waals surface area contributed by atoms with Gasteiger partial charge in [-0.1, -0.05) is 30.3 Å². The van der Waals surface area contributed by atoms with Gasteiger partial charge in [0.1, 0.15) is 0 Å². The fraction of sp³-hybridized carbons (Fsp3) is 0.200. The van der Waals surface area contributed by atoms with Crippen molar-refractivity contribution in [3.8, 4) is 0 Å². The summed E-state index contributed by atoms with van der Waals surface area (Å²) < 4.78 is 0. The lowest BCUT2D eigenvalue weighted by molar-refractivity contribution is -0.116. The van der Waals surface area contributed by atoms with Crippen molar-refractivity contribution in [1.29, 1.82) is 0 Å². The van der Waals surface area contributed by atoms with Gasteiger partial charge in [0.25, 0.3) is 5.91 Å². The Kier molecular flexibility index (Phi) is 6.28. The van der Waals surface area contributed by atoms with Gasteiger partial charge in [0, 0.05) is 42.6 Å². The predicted molar refractivity (Wildman–Crippen MR) is 128 cm³/mol. The van der Waals surface area contributed by atoms with Crippen molar-refractivity contribution in [3.05, 3.63) is 83.9 Å². The van der Waals surface area contributed by atoms with Gasteiger partial charge in [-0.3, -0.25) is 9.59 Å². The van der Waals surface area contributed by atoms with Crippen LogP contribution in [0.5, 0.6) is 0 Å². The highest BCUT2D eigenvalue weighted by atomic mass is 32.2. The second-order valence-corrected chi connectivity index (χ2v) is 8.62. The van der Waals surface area contributed by atoms with E-state index in [4.69, 9.17) is 0 Å². The molecule has 0 radical (unpaired) electrons. The number of rotatable bonds is 6. The maximum Gasteiger partial charge on any atom is 0.256 e. The van der Waals surface area contributed by atoms with Crippen LogP contribution in [0, 0.1) is 0 Å². The van der Waals surface area contributed by atoms with Crippen molar-refractivity contribution in [2.75, 3.05) is 41.5 Å². The first-order chi connectivity index (χ1) is 15.0. The first-order valence-electron chi connectivity index (χ1n) is 10.2. The van der Waals surface area contributed by atoms with Crippen molar-refractivity contribution in [2.45, 2.75) is 11.3 Å². The molecule has 1 aliphatic rings. The van der Waals surface area contributed by atoms with E-state index >= 15 is 0 Å². The molecule has 31 heavy (non-hydrogen) atoms. The number of anilines is 3. The number of carbonyl (C=O) groups excluding carboxylic acids is 2. The molecule has 0 saturated carbocycles. The van der Waals surface area contributed by atoms with E-state index in [9.17, 15) is 9.59 Å². The maximum atomic E-state index is 12.9. The van der Waals surface area contributed by atoms with Gasteiger partial charge in [-0.15, -0.1) is 11.8 Å². The summed E-state index contributed by atoms with van der Waals surface area (Å²) in [7, 11) is 3.95. The molecule has 0 bridgehead atoms. The minimum atomic E-state index is -0.181. The number of para-hydroxylation sites is 1. The molecule has 4 rings (SSSR count). The Bertz CT molecular complexity index is 1100. The number of fused-ring (bicyclic) bond motifs is 1. The number of nitrogens with one attached hydrogen (secondary N) is 1. The molecule has 158 valence electrons. The van der Waals surface area contributed by atoms with Crippen LogP contribution in [0.4, 0.5) is 17.1 Å². The summed E-state index contributed by atoms with van der Waals surface area (Å²) in [5.74, 6) is 0.167. The first kappa shape index (κ1) is 21.0. The average Bonchev–Trinajstić information content (AvgIpc) is 3.22. The van der Waals surface area contributed by atoms with Crippen molar-refractivity contribution in [3.63, 3.8) is 0 Å². The molecule has 5 nitrogen and oxygen atoms in total. The molecule has 0 saturated heterocycles. The quantitative estimate of drug-likeness (QED) is 0.576. The number of carbonyl (C=O) groups is 2. The number of nitrogens with zero attached hydrogens (tertiary/aromatic N) is 2. The van der Waals surface area contributed by atoms with E-state index in [-0.39, 0.29) is 17.6 Å². The molecular formula is C25H25N3O2S. The van der Waals surface area contributed by atoms with Crippen LogP contribution in [0.1, 0.15) is 15.9 Å². The normalized spacial score (nSPS) is 12.4. The zero-order valence-electron chi connectivity index (χ0n) is 17.7. The van der Waals surface area contributed by atoms with Crippen LogP contribution in [0.2, 0.25) is 0 Å². The minimum absolute atomic E-state index is 0.0597. The van der Waals surface area contributed by atoms with Crippen molar-refractivity contribution in [2.24, 2.45) is 0 Å². The Labute approximate surface area is 187 Å². The summed E-state index contributed by atoms with van der Waals surface area (Å²) in [6.07, 6.45) is 0.887. The van der Waals surface area contributed by atoms with E-state index in [1.165, 1.54) is 17.3 Å². The smallest absolute Gasteiger partial charge is 0.256 e. The number of hydrogen-bond acceptors (Lipinski definition) is 4. The van der Waals surface area contributed by atoms with Gasteiger partial charge in [0.05, 0.1) is 11.3 Å². The van der Waals surface area contributed by atoms with E-state index in [0.717, 1.165) is 28.4 Å². The third-order valence-electron chi connectivity index (χ3n) is 5.31. The summed E-state index contributed by atoms with van der Waals surface area (Å²) in [4.78, 5) is 30.4. The molecule has 3 aromatic rings. The third-order valence-corrected chi connectivity index (χ3v) is 6.37. The highest BCUT2D eigenvalue weighted by molar-refractivity contribution is 8.00. The van der Waals surface area contributed by atoms with Crippen LogP contribution in [0.3, 0.4) is 0 Å². The lowest BCUT2D eigenvalue weighted by Crippen LogP contribution is -2.30. The Morgan fingerprint density at radius 2 is 1.68 bits per heavy atom. The second-order valence-electron chi connectivity index (χ2n) is 7.60. The molecule has 1 aliphatic heterocycles. The fourth-order valence-corrected chi connectivity index (χ4v) is 4.56. The van der Waals surface area contributed by atoms with Gasteiger partial charge in [-0.2, -0.15) is 0 Å². The molecule has 6 heteroatoms. The number of hydrogen-bond donors (Lipinski definition) is 1. The van der Waals surface area contributed by atoms with Crippen LogP contribution >= 0.6 is 11.8 Å². The molecule has 0 aromatic heterocycles. The fourth-order valence-electron chi connectivity index (χ4n) is 3.64. The van der Waals surface area contributed by atoms with E-state index in [2.05, 4.69) is 11.4 Å². The molecule has 0 spiro atoms. The Morgan fingerprint density at radius 3 is 2.45 bits per heavy atom. The topological polar surface area (TPSA) is 52.7 Å². The minimum Gasteiger partial charge on any atom is -0.378 e. The molecule has 3 aromatic carbocycles. The number of benzene rings is 3. The molecule has 0 fully saturated rings. The summed E-state index contributed by atoms with van der Waals surface area (Å²) in [5, 5.41) is 2.95. The Hall–Kier alpha value is -3.25. The number of amides is 2. The van der Waals surface area contributed by atoms with Gasteiger partial charge in [-0.25, -0.2) is 0 Å². The van der Waals surface area contributed by atoms with E-state index in [0.29, 0.717) is 12.1 Å². The largest absolute Gasteiger partial charge is 0.378 e. The van der Waals surface area contributed by atoms with Gasteiger partial charge >= 0.3 is 0 Å². The lowest BCUT2D eigenvalue weighted by atomic mass is 10.2. The molecule has 0 unspecified atom stereocenters. The predicted octanol–water partition coefficient (Wildman–Crippen LogP) is 4.69. The van der Waals surface area contributed by atoms with Crippen LogP contribution < -0.4 is 15.1 Å². The Balaban J connectivity index is 1.42. The monoisotopic (exact) mass is 431 g/mol. The molecule has 0 atom stereocenters. The van der Waals surface area contributed by atoms with Crippen LogP contribution in [0.25, 0.3) is 0 Å². The third kappa shape index (κ3) is 4.75. The van der Waals surface area contributed by atoms with E-state index in [1.807, 2.05) is 84.6 Å². The number of thioether (sulfide) groups is 1. The zero-order valence-corrected chi connectivity index (χ0v) is 18.5. The van der Waals surface area contributed by atoms with Gasteiger partial charge in [0.15, 0.2) is 0 Å². The Morgan fingerprint density at radius 1 is 0.968 bits per heavy atom. The first-order valence-corrected chi connectivity index (χ1v) is 11.2. The van der Waals surface area contributed by atoms with Gasteiger partial charge in [0.2, 0.25) is 5.91 Å². The molecule has 2 amide bonds. The van der Waals surface area contributed by atoms with Crippen LogP contribution in [-0.4, -0.2) is 38.2 Å². The molecule has 1 heterocycles. The summed E-state index contributed by atoms with van der Waals surface area (Å²) in [6.45, 7) is 0.712. The van der Waals surface area contributed by atoms with E-state index in [1.54, 1.807) is 6.07 Å². The zero-order chi connectivity index (χ0) is 21.8. The van der Waals surface area contributed by atoms with Gasteiger partial charge < -0.3 is 15.1 Å². The second kappa shape index (κ2) is 9.27. The summed E-state index contributed by atoms with van der Waals surface area (Å²) in [5.41, 5.74) is 4.58. The van der Waals surface area contributed by atoms with Crippen LogP contribution in [-0.2, 0) is 11.2 Å². The van der Waals surface area contributed by atoms with E-state index < -0.39 is 0 Å².